The molecule has 0 aliphatic heterocycles. The van der Waals surface area contributed by atoms with Gasteiger partial charge in [0.25, 0.3) is 0 Å². The lowest BCUT2D eigenvalue weighted by molar-refractivity contribution is -0.147. The zero-order valence-corrected chi connectivity index (χ0v) is 11.3. The summed E-state index contributed by atoms with van der Waals surface area (Å²) >= 11 is 0. The summed E-state index contributed by atoms with van der Waals surface area (Å²) in [6.45, 7) is 4.71. The van der Waals surface area contributed by atoms with E-state index < -0.39 is 6.04 Å². The van der Waals surface area contributed by atoms with Crippen molar-refractivity contribution in [2.75, 3.05) is 6.61 Å². The maximum absolute atomic E-state index is 11.7. The molecule has 1 atom stereocenters. The molecule has 0 spiro atoms. The maximum atomic E-state index is 11.7. The van der Waals surface area contributed by atoms with Crippen molar-refractivity contribution >= 4 is 5.97 Å². The van der Waals surface area contributed by atoms with Crippen LogP contribution in [0.25, 0.3) is 0 Å². The van der Waals surface area contributed by atoms with Gasteiger partial charge in [-0.05, 0) is 31.1 Å². The van der Waals surface area contributed by atoms with Gasteiger partial charge in [-0.25, -0.2) is 0 Å². The topological polar surface area (TPSA) is 52.3 Å². The van der Waals surface area contributed by atoms with Crippen LogP contribution < -0.4 is 5.73 Å². The second kappa shape index (κ2) is 7.70. The van der Waals surface area contributed by atoms with Crippen LogP contribution in [0.5, 0.6) is 0 Å². The van der Waals surface area contributed by atoms with Gasteiger partial charge in [0.15, 0.2) is 0 Å². The predicted octanol–water partition coefficient (Wildman–Crippen LogP) is 2.87. The maximum Gasteiger partial charge on any atom is 0.322 e. The van der Waals surface area contributed by atoms with E-state index in [1.165, 1.54) is 38.5 Å². The van der Waals surface area contributed by atoms with Gasteiger partial charge in [0.05, 0.1) is 6.61 Å². The lowest BCUT2D eigenvalue weighted by Crippen LogP contribution is -2.34. The van der Waals surface area contributed by atoms with Crippen molar-refractivity contribution in [2.24, 2.45) is 17.6 Å². The fourth-order valence-electron chi connectivity index (χ4n) is 2.44. The average molecular weight is 241 g/mol. The molecule has 0 heterocycles. The molecule has 0 bridgehead atoms. The quantitative estimate of drug-likeness (QED) is 0.595. The standard InChI is InChI=1S/C14H27NO2/c1-11(2)9-13(15)14(16)17-10-12-7-5-3-4-6-8-12/h11-13H,3-10,15H2,1-2H3/t13-/m1/s1. The van der Waals surface area contributed by atoms with Crippen LogP contribution in [-0.4, -0.2) is 18.6 Å². The Kier molecular flexibility index (Phi) is 6.56. The highest BCUT2D eigenvalue weighted by Gasteiger charge is 2.19. The van der Waals surface area contributed by atoms with Gasteiger partial charge in [-0.2, -0.15) is 0 Å². The Balaban J connectivity index is 2.21. The van der Waals surface area contributed by atoms with Crippen LogP contribution in [0.2, 0.25) is 0 Å². The molecule has 3 nitrogen and oxygen atoms in total. The van der Waals surface area contributed by atoms with E-state index in [2.05, 4.69) is 13.8 Å². The molecule has 1 fully saturated rings. The minimum absolute atomic E-state index is 0.219. The summed E-state index contributed by atoms with van der Waals surface area (Å²) < 4.78 is 5.34. The Labute approximate surface area is 105 Å². The highest BCUT2D eigenvalue weighted by molar-refractivity contribution is 5.75. The van der Waals surface area contributed by atoms with Crippen molar-refractivity contribution in [2.45, 2.75) is 64.8 Å². The Bertz CT molecular complexity index is 220. The molecule has 1 rings (SSSR count). The Hall–Kier alpha value is -0.570. The van der Waals surface area contributed by atoms with Crippen molar-refractivity contribution < 1.29 is 9.53 Å². The lowest BCUT2D eigenvalue weighted by atomic mass is 10.0. The van der Waals surface area contributed by atoms with Gasteiger partial charge in [-0.3, -0.25) is 4.79 Å². The van der Waals surface area contributed by atoms with Gasteiger partial charge < -0.3 is 10.5 Å². The molecule has 0 radical (unpaired) electrons. The fraction of sp³-hybridized carbons (Fsp3) is 0.929. The third kappa shape index (κ3) is 6.06. The summed E-state index contributed by atoms with van der Waals surface area (Å²) in [5.74, 6) is 0.783. The molecule has 17 heavy (non-hydrogen) atoms. The van der Waals surface area contributed by atoms with Crippen LogP contribution in [0.3, 0.4) is 0 Å². The second-order valence-electron chi connectivity index (χ2n) is 5.72. The molecule has 0 amide bonds. The van der Waals surface area contributed by atoms with E-state index in [1.54, 1.807) is 0 Å². The van der Waals surface area contributed by atoms with Gasteiger partial charge in [0.2, 0.25) is 0 Å². The summed E-state index contributed by atoms with van der Waals surface area (Å²) in [5, 5.41) is 0. The van der Waals surface area contributed by atoms with Crippen molar-refractivity contribution in [1.29, 1.82) is 0 Å². The van der Waals surface area contributed by atoms with Crippen molar-refractivity contribution in [3.63, 3.8) is 0 Å². The first-order valence-corrected chi connectivity index (χ1v) is 7.01. The Morgan fingerprint density at radius 2 is 1.82 bits per heavy atom. The zero-order valence-electron chi connectivity index (χ0n) is 11.3. The van der Waals surface area contributed by atoms with E-state index in [0.29, 0.717) is 24.9 Å². The fourth-order valence-corrected chi connectivity index (χ4v) is 2.44. The van der Waals surface area contributed by atoms with Crippen LogP contribution >= 0.6 is 0 Å². The molecule has 100 valence electrons. The molecule has 1 saturated carbocycles. The van der Waals surface area contributed by atoms with Crippen LogP contribution in [0.15, 0.2) is 0 Å². The molecule has 0 aromatic rings. The van der Waals surface area contributed by atoms with E-state index in [4.69, 9.17) is 10.5 Å². The van der Waals surface area contributed by atoms with E-state index in [9.17, 15) is 4.79 Å². The van der Waals surface area contributed by atoms with Crippen LogP contribution in [0, 0.1) is 11.8 Å². The van der Waals surface area contributed by atoms with Gasteiger partial charge >= 0.3 is 5.97 Å². The van der Waals surface area contributed by atoms with Gasteiger partial charge in [-0.1, -0.05) is 39.5 Å². The third-order valence-corrected chi connectivity index (χ3v) is 3.46. The number of hydrogen-bond donors (Lipinski definition) is 1. The van der Waals surface area contributed by atoms with Gasteiger partial charge in [0, 0.05) is 0 Å². The van der Waals surface area contributed by atoms with E-state index in [1.807, 2.05) is 0 Å². The summed E-state index contributed by atoms with van der Waals surface area (Å²) in [6.07, 6.45) is 8.33. The molecule has 0 unspecified atom stereocenters. The van der Waals surface area contributed by atoms with Crippen molar-refractivity contribution in [1.82, 2.24) is 0 Å². The molecule has 3 heteroatoms. The largest absolute Gasteiger partial charge is 0.464 e. The smallest absolute Gasteiger partial charge is 0.322 e. The van der Waals surface area contributed by atoms with Crippen LogP contribution in [0.1, 0.15) is 58.8 Å². The second-order valence-corrected chi connectivity index (χ2v) is 5.72. The minimum Gasteiger partial charge on any atom is -0.464 e. The summed E-state index contributed by atoms with van der Waals surface area (Å²) in [7, 11) is 0. The molecular formula is C14H27NO2. The number of esters is 1. The molecule has 0 aromatic heterocycles. The van der Waals surface area contributed by atoms with Gasteiger partial charge in [0.1, 0.15) is 6.04 Å². The highest BCUT2D eigenvalue weighted by Crippen LogP contribution is 2.23. The van der Waals surface area contributed by atoms with E-state index in [-0.39, 0.29) is 5.97 Å². The van der Waals surface area contributed by atoms with Crippen LogP contribution in [-0.2, 0) is 9.53 Å². The molecule has 1 aliphatic rings. The first-order valence-electron chi connectivity index (χ1n) is 7.01. The minimum atomic E-state index is -0.444. The number of hydrogen-bond acceptors (Lipinski definition) is 3. The summed E-state index contributed by atoms with van der Waals surface area (Å²) in [4.78, 5) is 11.7. The number of carbonyl (C=O) groups is 1. The molecular weight excluding hydrogens is 214 g/mol. The first-order chi connectivity index (χ1) is 8.09. The van der Waals surface area contributed by atoms with Crippen molar-refractivity contribution in [3.8, 4) is 0 Å². The highest BCUT2D eigenvalue weighted by atomic mass is 16.5. The van der Waals surface area contributed by atoms with E-state index >= 15 is 0 Å². The third-order valence-electron chi connectivity index (χ3n) is 3.46. The molecule has 0 aromatic carbocycles. The van der Waals surface area contributed by atoms with Gasteiger partial charge in [-0.15, -0.1) is 0 Å². The Morgan fingerprint density at radius 1 is 1.24 bits per heavy atom. The molecule has 1 aliphatic carbocycles. The zero-order chi connectivity index (χ0) is 12.7. The summed E-state index contributed by atoms with van der Waals surface area (Å²) in [6, 6.07) is -0.444. The van der Waals surface area contributed by atoms with E-state index in [0.717, 1.165) is 0 Å². The first kappa shape index (κ1) is 14.5. The van der Waals surface area contributed by atoms with Crippen molar-refractivity contribution in [3.05, 3.63) is 0 Å². The Morgan fingerprint density at radius 3 is 2.35 bits per heavy atom. The number of ether oxygens (including phenoxy) is 1. The lowest BCUT2D eigenvalue weighted by Gasteiger charge is -2.17. The molecule has 2 N–H and O–H groups in total. The van der Waals surface area contributed by atoms with Crippen LogP contribution in [0.4, 0.5) is 0 Å². The molecule has 0 saturated heterocycles. The number of carbonyl (C=O) groups excluding carboxylic acids is 1. The SMILES string of the molecule is CC(C)C[C@@H](N)C(=O)OCC1CCCCCC1. The number of rotatable bonds is 5. The summed E-state index contributed by atoms with van der Waals surface area (Å²) in [5.41, 5.74) is 5.79. The average Bonchev–Trinajstić information content (AvgIpc) is 2.53. The monoisotopic (exact) mass is 241 g/mol. The number of nitrogens with two attached hydrogens (primary N) is 1. The normalized spacial score (nSPS) is 20.0. The predicted molar refractivity (Wildman–Crippen MR) is 69.6 cm³/mol.